The Kier molecular flexibility index (Phi) is 5.12. The number of halogens is 1. The van der Waals surface area contributed by atoms with Crippen LogP contribution >= 0.6 is 0 Å². The molecule has 3 nitrogen and oxygen atoms in total. The van der Waals surface area contributed by atoms with Gasteiger partial charge in [0.2, 0.25) is 0 Å². The van der Waals surface area contributed by atoms with Crippen LogP contribution in [0.1, 0.15) is 38.2 Å². The maximum atomic E-state index is 12.9. The van der Waals surface area contributed by atoms with E-state index in [-0.39, 0.29) is 18.4 Å². The fourth-order valence-electron chi connectivity index (χ4n) is 3.12. The summed E-state index contributed by atoms with van der Waals surface area (Å²) in [5, 5.41) is 9.10. The van der Waals surface area contributed by atoms with Crippen molar-refractivity contribution in [3.63, 3.8) is 0 Å². The molecule has 0 spiro atoms. The third kappa shape index (κ3) is 4.04. The van der Waals surface area contributed by atoms with Gasteiger partial charge in [-0.25, -0.2) is 4.39 Å². The Morgan fingerprint density at radius 2 is 1.95 bits per heavy atom. The van der Waals surface area contributed by atoms with Gasteiger partial charge in [0.25, 0.3) is 0 Å². The summed E-state index contributed by atoms with van der Waals surface area (Å²) >= 11 is 0. The maximum Gasteiger partial charge on any atom is 0.317 e. The highest BCUT2D eigenvalue weighted by atomic mass is 19.1. The van der Waals surface area contributed by atoms with Crippen LogP contribution in [0.5, 0.6) is 0 Å². The van der Waals surface area contributed by atoms with Gasteiger partial charge in [0.1, 0.15) is 5.82 Å². The standard InChI is InChI=1S/C16H22FNO2/c1-12(10-13-6-8-14(17)9-7-13)18(11-16(19)20)15-4-2-3-5-15/h6-9,12,15H,2-5,10-11H2,1H3,(H,19,20). The van der Waals surface area contributed by atoms with E-state index in [1.807, 2.05) is 0 Å². The van der Waals surface area contributed by atoms with Crippen molar-refractivity contribution in [2.24, 2.45) is 0 Å². The number of hydrogen-bond donors (Lipinski definition) is 1. The number of benzene rings is 1. The first kappa shape index (κ1) is 15.0. The van der Waals surface area contributed by atoms with Crippen LogP contribution in [0.3, 0.4) is 0 Å². The lowest BCUT2D eigenvalue weighted by molar-refractivity contribution is -0.139. The second kappa shape index (κ2) is 6.84. The normalized spacial score (nSPS) is 17.6. The molecular formula is C16H22FNO2. The zero-order valence-electron chi connectivity index (χ0n) is 11.9. The summed E-state index contributed by atoms with van der Waals surface area (Å²) in [5.41, 5.74) is 1.05. The van der Waals surface area contributed by atoms with Crippen LogP contribution in [0.25, 0.3) is 0 Å². The molecule has 1 unspecified atom stereocenters. The Morgan fingerprint density at radius 1 is 1.35 bits per heavy atom. The average Bonchev–Trinajstić information content (AvgIpc) is 2.92. The van der Waals surface area contributed by atoms with Gasteiger partial charge < -0.3 is 5.11 Å². The second-order valence-corrected chi connectivity index (χ2v) is 5.68. The zero-order valence-corrected chi connectivity index (χ0v) is 11.9. The van der Waals surface area contributed by atoms with Gasteiger partial charge in [-0.2, -0.15) is 0 Å². The summed E-state index contributed by atoms with van der Waals surface area (Å²) in [6.45, 7) is 2.15. The third-order valence-corrected chi connectivity index (χ3v) is 4.12. The molecule has 0 amide bonds. The fourth-order valence-corrected chi connectivity index (χ4v) is 3.12. The lowest BCUT2D eigenvalue weighted by atomic mass is 10.0. The molecule has 20 heavy (non-hydrogen) atoms. The molecule has 0 aliphatic heterocycles. The second-order valence-electron chi connectivity index (χ2n) is 5.68. The SMILES string of the molecule is CC(Cc1ccc(F)cc1)N(CC(=O)O)C1CCCC1. The first-order chi connectivity index (χ1) is 9.56. The van der Waals surface area contributed by atoms with Crippen molar-refractivity contribution in [1.82, 2.24) is 4.90 Å². The smallest absolute Gasteiger partial charge is 0.317 e. The molecule has 1 aliphatic rings. The van der Waals surface area contributed by atoms with Crippen molar-refractivity contribution in [2.45, 2.75) is 51.1 Å². The van der Waals surface area contributed by atoms with Crippen LogP contribution in [-0.2, 0) is 11.2 Å². The van der Waals surface area contributed by atoms with Gasteiger partial charge >= 0.3 is 5.97 Å². The summed E-state index contributed by atoms with van der Waals surface area (Å²) in [7, 11) is 0. The minimum absolute atomic E-state index is 0.0903. The number of carboxylic acids is 1. The Labute approximate surface area is 119 Å². The van der Waals surface area contributed by atoms with Gasteiger partial charge in [0.05, 0.1) is 6.54 Å². The van der Waals surface area contributed by atoms with E-state index in [2.05, 4.69) is 11.8 Å². The number of carbonyl (C=O) groups is 1. The lowest BCUT2D eigenvalue weighted by Crippen LogP contribution is -2.44. The molecule has 1 aromatic rings. The molecule has 110 valence electrons. The summed E-state index contributed by atoms with van der Waals surface area (Å²) in [6.07, 6.45) is 5.29. The fraction of sp³-hybridized carbons (Fsp3) is 0.562. The molecule has 1 fully saturated rings. The molecule has 0 heterocycles. The molecular weight excluding hydrogens is 257 g/mol. The molecule has 1 saturated carbocycles. The van der Waals surface area contributed by atoms with E-state index in [0.29, 0.717) is 6.04 Å². The average molecular weight is 279 g/mol. The molecule has 1 atom stereocenters. The third-order valence-electron chi connectivity index (χ3n) is 4.12. The number of nitrogens with zero attached hydrogens (tertiary/aromatic N) is 1. The molecule has 2 rings (SSSR count). The molecule has 0 radical (unpaired) electrons. The number of aliphatic carboxylic acids is 1. The number of rotatable bonds is 6. The topological polar surface area (TPSA) is 40.5 Å². The van der Waals surface area contributed by atoms with Crippen molar-refractivity contribution in [3.05, 3.63) is 35.6 Å². The van der Waals surface area contributed by atoms with Crippen LogP contribution in [0, 0.1) is 5.82 Å². The van der Waals surface area contributed by atoms with E-state index in [9.17, 15) is 9.18 Å². The lowest BCUT2D eigenvalue weighted by Gasteiger charge is -2.33. The molecule has 1 N–H and O–H groups in total. The van der Waals surface area contributed by atoms with Crippen molar-refractivity contribution in [3.8, 4) is 0 Å². The Balaban J connectivity index is 2.03. The van der Waals surface area contributed by atoms with E-state index >= 15 is 0 Å². The van der Waals surface area contributed by atoms with Gasteiger partial charge in [-0.1, -0.05) is 25.0 Å². The predicted molar refractivity (Wildman–Crippen MR) is 76.2 cm³/mol. The van der Waals surface area contributed by atoms with E-state index in [1.54, 1.807) is 12.1 Å². The highest BCUT2D eigenvalue weighted by molar-refractivity contribution is 5.69. The predicted octanol–water partition coefficient (Wildman–Crippen LogP) is 3.09. The first-order valence-electron chi connectivity index (χ1n) is 7.28. The van der Waals surface area contributed by atoms with E-state index in [4.69, 9.17) is 5.11 Å². The first-order valence-corrected chi connectivity index (χ1v) is 7.28. The van der Waals surface area contributed by atoms with Crippen LogP contribution < -0.4 is 0 Å². The van der Waals surface area contributed by atoms with E-state index in [0.717, 1.165) is 24.8 Å². The van der Waals surface area contributed by atoms with E-state index in [1.165, 1.54) is 25.0 Å². The van der Waals surface area contributed by atoms with Crippen LogP contribution in [-0.4, -0.2) is 34.6 Å². The minimum Gasteiger partial charge on any atom is -0.480 e. The molecule has 0 saturated heterocycles. The van der Waals surface area contributed by atoms with Crippen molar-refractivity contribution in [1.29, 1.82) is 0 Å². The van der Waals surface area contributed by atoms with Crippen molar-refractivity contribution >= 4 is 5.97 Å². The quantitative estimate of drug-likeness (QED) is 0.870. The van der Waals surface area contributed by atoms with Gasteiger partial charge in [-0.15, -0.1) is 0 Å². The number of carboxylic acid groups (broad SMARTS) is 1. The van der Waals surface area contributed by atoms with Gasteiger partial charge in [0, 0.05) is 12.1 Å². The van der Waals surface area contributed by atoms with Crippen molar-refractivity contribution < 1.29 is 14.3 Å². The summed E-state index contributed by atoms with van der Waals surface area (Å²) in [4.78, 5) is 13.2. The Hall–Kier alpha value is -1.42. The van der Waals surface area contributed by atoms with Crippen LogP contribution in [0.15, 0.2) is 24.3 Å². The minimum atomic E-state index is -0.775. The molecule has 4 heteroatoms. The highest BCUT2D eigenvalue weighted by Crippen LogP contribution is 2.26. The Bertz CT molecular complexity index is 440. The summed E-state index contributed by atoms with van der Waals surface area (Å²) in [6, 6.07) is 7.00. The van der Waals surface area contributed by atoms with Gasteiger partial charge in [-0.3, -0.25) is 9.69 Å². The molecule has 1 aliphatic carbocycles. The maximum absolute atomic E-state index is 12.9. The molecule has 0 bridgehead atoms. The van der Waals surface area contributed by atoms with Gasteiger partial charge in [0.15, 0.2) is 0 Å². The monoisotopic (exact) mass is 279 g/mol. The van der Waals surface area contributed by atoms with Crippen LogP contribution in [0.2, 0.25) is 0 Å². The summed E-state index contributed by atoms with van der Waals surface area (Å²) in [5.74, 6) is -1.01. The van der Waals surface area contributed by atoms with E-state index < -0.39 is 5.97 Å². The largest absolute Gasteiger partial charge is 0.480 e. The highest BCUT2D eigenvalue weighted by Gasteiger charge is 2.28. The molecule has 0 aromatic heterocycles. The van der Waals surface area contributed by atoms with Crippen molar-refractivity contribution in [2.75, 3.05) is 6.54 Å². The Morgan fingerprint density at radius 3 is 2.50 bits per heavy atom. The zero-order chi connectivity index (χ0) is 14.5. The molecule has 1 aromatic carbocycles. The van der Waals surface area contributed by atoms with Gasteiger partial charge in [-0.05, 0) is 43.9 Å². The number of hydrogen-bond acceptors (Lipinski definition) is 2. The van der Waals surface area contributed by atoms with Crippen LogP contribution in [0.4, 0.5) is 4.39 Å². The summed E-state index contributed by atoms with van der Waals surface area (Å²) < 4.78 is 12.9.